The molecule has 0 fully saturated rings. The third-order valence-electron chi connectivity index (χ3n) is 5.52. The van der Waals surface area contributed by atoms with Crippen molar-refractivity contribution in [2.75, 3.05) is 12.8 Å². The van der Waals surface area contributed by atoms with E-state index < -0.39 is 0 Å². The summed E-state index contributed by atoms with van der Waals surface area (Å²) in [6.45, 7) is 0. The van der Waals surface area contributed by atoms with E-state index in [4.69, 9.17) is 39.3 Å². The number of methoxy groups -OCH3 is 1. The van der Waals surface area contributed by atoms with Gasteiger partial charge in [-0.15, -0.1) is 0 Å². The molecule has 0 saturated heterocycles. The molecule has 0 radical (unpaired) electrons. The van der Waals surface area contributed by atoms with Crippen LogP contribution in [0.25, 0.3) is 39.1 Å². The van der Waals surface area contributed by atoms with Crippen LogP contribution in [0.3, 0.4) is 0 Å². The number of nitrogens with two attached hydrogens (primary N) is 1. The molecule has 0 aliphatic rings. The highest BCUT2D eigenvalue weighted by Crippen LogP contribution is 2.36. The first-order valence-corrected chi connectivity index (χ1v) is 11.1. The molecule has 8 heteroatoms. The lowest BCUT2D eigenvalue weighted by Gasteiger charge is -2.17. The van der Waals surface area contributed by atoms with E-state index in [0.717, 1.165) is 22.4 Å². The Morgan fingerprint density at radius 2 is 1.56 bits per heavy atom. The van der Waals surface area contributed by atoms with Crippen LogP contribution in [-0.2, 0) is 0 Å². The van der Waals surface area contributed by atoms with E-state index in [9.17, 15) is 4.39 Å². The lowest BCUT2D eigenvalue weighted by atomic mass is 9.99. The minimum Gasteiger partial charge on any atom is -0.497 e. The Bertz CT molecular complexity index is 1570. The number of rotatable bonds is 4. The lowest BCUT2D eigenvalue weighted by molar-refractivity contribution is 0.415. The van der Waals surface area contributed by atoms with Crippen molar-refractivity contribution in [1.29, 1.82) is 0 Å². The Labute approximate surface area is 205 Å². The fraction of sp³-hybridized carbons (Fsp3) is 0.0385. The normalized spacial score (nSPS) is 11.0. The van der Waals surface area contributed by atoms with E-state index in [-0.39, 0.29) is 10.6 Å². The van der Waals surface area contributed by atoms with Gasteiger partial charge < -0.3 is 10.5 Å². The van der Waals surface area contributed by atoms with E-state index in [1.54, 1.807) is 23.8 Å². The molecule has 0 amide bonds. The minimum absolute atomic E-state index is 0.220. The average Bonchev–Trinajstić information content (AvgIpc) is 2.85. The standard InChI is InChI=1S/C26H18ClFN4OS/c1-33-20-12-4-15(5-13-20)21-14-22(16-2-6-17(27)7-3-16)30-25-23(21)24(29)32(26(34)31-25)19-10-8-18(28)9-11-19/h2-14H,29H2,1H3. The van der Waals surface area contributed by atoms with E-state index >= 15 is 0 Å². The first-order valence-electron chi connectivity index (χ1n) is 10.3. The molecular weight excluding hydrogens is 471 g/mol. The number of anilines is 1. The summed E-state index contributed by atoms with van der Waals surface area (Å²) in [7, 11) is 1.62. The van der Waals surface area contributed by atoms with Crippen molar-refractivity contribution in [2.24, 2.45) is 0 Å². The number of nitrogens with zero attached hydrogens (tertiary/aromatic N) is 3. The maximum Gasteiger partial charge on any atom is 0.207 e. The number of pyridine rings is 1. The SMILES string of the molecule is COc1ccc(-c2cc(-c3ccc(Cl)cc3)nc3nc(=S)n(-c4ccc(F)cc4)c(N)c23)cc1. The van der Waals surface area contributed by atoms with Crippen LogP contribution in [0.1, 0.15) is 0 Å². The van der Waals surface area contributed by atoms with Gasteiger partial charge in [0.1, 0.15) is 17.4 Å². The molecule has 34 heavy (non-hydrogen) atoms. The smallest absolute Gasteiger partial charge is 0.207 e. The molecule has 5 rings (SSSR count). The van der Waals surface area contributed by atoms with Crippen LogP contribution in [0.15, 0.2) is 78.9 Å². The molecule has 2 heterocycles. The first-order chi connectivity index (χ1) is 16.4. The Kier molecular flexibility index (Phi) is 5.73. The second kappa shape index (κ2) is 8.85. The Hall–Kier alpha value is -3.81. The second-order valence-electron chi connectivity index (χ2n) is 7.58. The largest absolute Gasteiger partial charge is 0.497 e. The number of fused-ring (bicyclic) bond motifs is 1. The maximum absolute atomic E-state index is 13.5. The van der Waals surface area contributed by atoms with Crippen LogP contribution in [0.4, 0.5) is 10.2 Å². The molecule has 168 valence electrons. The number of ether oxygens (including phenoxy) is 1. The Morgan fingerprint density at radius 1 is 0.912 bits per heavy atom. The second-order valence-corrected chi connectivity index (χ2v) is 8.38. The van der Waals surface area contributed by atoms with E-state index in [1.165, 1.54) is 12.1 Å². The van der Waals surface area contributed by atoms with Crippen LogP contribution in [-0.4, -0.2) is 21.6 Å². The third-order valence-corrected chi connectivity index (χ3v) is 6.04. The zero-order chi connectivity index (χ0) is 23.8. The number of aromatic nitrogens is 3. The zero-order valence-corrected chi connectivity index (χ0v) is 19.6. The number of benzene rings is 3. The predicted molar refractivity (Wildman–Crippen MR) is 137 cm³/mol. The predicted octanol–water partition coefficient (Wildman–Crippen LogP) is 6.87. The number of halogens is 2. The van der Waals surface area contributed by atoms with Crippen molar-refractivity contribution in [3.05, 3.63) is 94.5 Å². The first kappa shape index (κ1) is 22.0. The quantitative estimate of drug-likeness (QED) is 0.280. The summed E-state index contributed by atoms with van der Waals surface area (Å²) in [5.41, 5.74) is 11.0. The lowest BCUT2D eigenvalue weighted by Crippen LogP contribution is -2.09. The van der Waals surface area contributed by atoms with Crippen molar-refractivity contribution >= 4 is 40.7 Å². The summed E-state index contributed by atoms with van der Waals surface area (Å²) in [5.74, 6) is 0.749. The van der Waals surface area contributed by atoms with Gasteiger partial charge in [-0.3, -0.25) is 4.57 Å². The topological polar surface area (TPSA) is 66.0 Å². The summed E-state index contributed by atoms with van der Waals surface area (Å²) < 4.78 is 20.7. The van der Waals surface area contributed by atoms with Gasteiger partial charge in [-0.05, 0) is 77.9 Å². The molecule has 0 bridgehead atoms. The van der Waals surface area contributed by atoms with E-state index in [2.05, 4.69) is 4.98 Å². The van der Waals surface area contributed by atoms with Gasteiger partial charge in [-0.2, -0.15) is 4.98 Å². The minimum atomic E-state index is -0.351. The van der Waals surface area contributed by atoms with Crippen LogP contribution >= 0.6 is 23.8 Å². The molecule has 0 spiro atoms. The van der Waals surface area contributed by atoms with Crippen molar-refractivity contribution in [1.82, 2.24) is 14.5 Å². The van der Waals surface area contributed by atoms with Crippen molar-refractivity contribution in [2.45, 2.75) is 0 Å². The van der Waals surface area contributed by atoms with Crippen LogP contribution in [0, 0.1) is 10.6 Å². The van der Waals surface area contributed by atoms with Gasteiger partial charge in [0.15, 0.2) is 5.65 Å². The van der Waals surface area contributed by atoms with Crippen molar-refractivity contribution in [3.63, 3.8) is 0 Å². The van der Waals surface area contributed by atoms with Gasteiger partial charge in [0.05, 0.1) is 23.9 Å². The molecule has 0 atom stereocenters. The van der Waals surface area contributed by atoms with Crippen molar-refractivity contribution < 1.29 is 9.13 Å². The van der Waals surface area contributed by atoms with Gasteiger partial charge in [-0.1, -0.05) is 35.9 Å². The summed E-state index contributed by atoms with van der Waals surface area (Å²) >= 11 is 11.6. The molecule has 0 unspecified atom stereocenters. The van der Waals surface area contributed by atoms with Gasteiger partial charge in [-0.25, -0.2) is 9.37 Å². The Balaban J connectivity index is 1.83. The van der Waals surface area contributed by atoms with Gasteiger partial charge in [0.2, 0.25) is 4.77 Å². The Morgan fingerprint density at radius 3 is 2.21 bits per heavy atom. The molecule has 2 N–H and O–H groups in total. The van der Waals surface area contributed by atoms with Gasteiger partial charge in [0.25, 0.3) is 0 Å². The van der Waals surface area contributed by atoms with Crippen LogP contribution in [0.2, 0.25) is 5.02 Å². The molecule has 3 aromatic carbocycles. The fourth-order valence-electron chi connectivity index (χ4n) is 3.83. The summed E-state index contributed by atoms with van der Waals surface area (Å²) in [6.07, 6.45) is 0. The fourth-order valence-corrected chi connectivity index (χ4v) is 4.24. The summed E-state index contributed by atoms with van der Waals surface area (Å²) in [6, 6.07) is 22.9. The van der Waals surface area contributed by atoms with Gasteiger partial charge >= 0.3 is 0 Å². The maximum atomic E-state index is 13.5. The zero-order valence-electron chi connectivity index (χ0n) is 18.0. The highest BCUT2D eigenvalue weighted by atomic mass is 35.5. The highest BCUT2D eigenvalue weighted by molar-refractivity contribution is 7.71. The van der Waals surface area contributed by atoms with Crippen molar-refractivity contribution in [3.8, 4) is 33.8 Å². The molecule has 0 saturated carbocycles. The highest BCUT2D eigenvalue weighted by Gasteiger charge is 2.17. The number of nitrogen functional groups attached to an aromatic ring is 1. The molecule has 0 aliphatic heterocycles. The summed E-state index contributed by atoms with van der Waals surface area (Å²) in [4.78, 5) is 9.37. The monoisotopic (exact) mass is 488 g/mol. The third kappa shape index (κ3) is 4.00. The van der Waals surface area contributed by atoms with E-state index in [0.29, 0.717) is 33.3 Å². The number of hydrogen-bond donors (Lipinski definition) is 1. The molecule has 5 nitrogen and oxygen atoms in total. The van der Waals surface area contributed by atoms with Crippen LogP contribution < -0.4 is 10.5 Å². The number of hydrogen-bond acceptors (Lipinski definition) is 5. The molecule has 2 aromatic heterocycles. The van der Waals surface area contributed by atoms with E-state index in [1.807, 2.05) is 54.6 Å². The molecule has 5 aromatic rings. The molecular formula is C26H18ClFN4OS. The molecule has 0 aliphatic carbocycles. The van der Waals surface area contributed by atoms with Gasteiger partial charge in [0, 0.05) is 10.6 Å². The average molecular weight is 489 g/mol. The summed E-state index contributed by atoms with van der Waals surface area (Å²) in [5, 5.41) is 1.27. The van der Waals surface area contributed by atoms with Crippen LogP contribution in [0.5, 0.6) is 5.75 Å².